The third-order valence-corrected chi connectivity index (χ3v) is 1.96. The molecule has 0 saturated heterocycles. The van der Waals surface area contributed by atoms with E-state index in [2.05, 4.69) is 25.6 Å². The molecule has 7 nitrogen and oxygen atoms in total. The summed E-state index contributed by atoms with van der Waals surface area (Å²) in [7, 11) is 1.70. The highest BCUT2D eigenvalue weighted by atomic mass is 16.2. The number of aromatic amines is 2. The van der Waals surface area contributed by atoms with Crippen LogP contribution in [-0.2, 0) is 6.54 Å². The first kappa shape index (κ1) is 9.38. The number of hydrogen-bond donors (Lipinski definition) is 2. The smallest absolute Gasteiger partial charge is 0.276 e. The zero-order valence-corrected chi connectivity index (χ0v) is 8.14. The van der Waals surface area contributed by atoms with Gasteiger partial charge in [-0.3, -0.25) is 9.89 Å². The van der Waals surface area contributed by atoms with Crippen molar-refractivity contribution in [1.29, 1.82) is 0 Å². The number of nitrogens with one attached hydrogen (secondary N) is 2. The van der Waals surface area contributed by atoms with Gasteiger partial charge in [-0.15, -0.1) is 0 Å². The van der Waals surface area contributed by atoms with E-state index in [1.54, 1.807) is 24.3 Å². The summed E-state index contributed by atoms with van der Waals surface area (Å²) < 4.78 is 0. The summed E-state index contributed by atoms with van der Waals surface area (Å²) in [5.41, 5.74) is 1.25. The van der Waals surface area contributed by atoms with Crippen LogP contribution < -0.4 is 0 Å². The fourth-order valence-corrected chi connectivity index (χ4v) is 1.21. The molecule has 2 aromatic heterocycles. The monoisotopic (exact) mass is 206 g/mol. The van der Waals surface area contributed by atoms with Crippen LogP contribution in [0.5, 0.6) is 0 Å². The van der Waals surface area contributed by atoms with E-state index >= 15 is 0 Å². The summed E-state index contributed by atoms with van der Waals surface area (Å²) in [5, 5.41) is 16.2. The minimum Gasteiger partial charge on any atom is -0.336 e. The van der Waals surface area contributed by atoms with Crippen molar-refractivity contribution in [2.75, 3.05) is 7.05 Å². The van der Waals surface area contributed by atoms with Gasteiger partial charge >= 0.3 is 0 Å². The molecule has 0 fully saturated rings. The Kier molecular flexibility index (Phi) is 2.44. The van der Waals surface area contributed by atoms with E-state index in [1.165, 1.54) is 6.20 Å². The Morgan fingerprint density at radius 1 is 1.47 bits per heavy atom. The summed E-state index contributed by atoms with van der Waals surface area (Å²) in [6.45, 7) is 0.488. The maximum atomic E-state index is 11.7. The molecule has 0 aliphatic carbocycles. The van der Waals surface area contributed by atoms with E-state index in [1.807, 2.05) is 0 Å². The lowest BCUT2D eigenvalue weighted by molar-refractivity contribution is 0.0779. The summed E-state index contributed by atoms with van der Waals surface area (Å²) in [6, 6.07) is 0. The predicted molar refractivity (Wildman–Crippen MR) is 50.8 cm³/mol. The number of rotatable bonds is 3. The number of carbonyl (C=O) groups is 1. The first-order valence-electron chi connectivity index (χ1n) is 4.36. The molecule has 2 heterocycles. The number of hydrogen-bond acceptors (Lipinski definition) is 4. The quantitative estimate of drug-likeness (QED) is 0.727. The first-order valence-corrected chi connectivity index (χ1v) is 4.36. The molecular weight excluding hydrogens is 196 g/mol. The van der Waals surface area contributed by atoms with Crippen LogP contribution in [0.15, 0.2) is 18.6 Å². The zero-order chi connectivity index (χ0) is 10.7. The number of aromatic nitrogens is 5. The molecule has 0 bridgehead atoms. The maximum Gasteiger partial charge on any atom is 0.276 e. The normalized spacial score (nSPS) is 10.2. The number of amides is 1. The van der Waals surface area contributed by atoms with Crippen LogP contribution in [0.2, 0.25) is 0 Å². The van der Waals surface area contributed by atoms with Crippen molar-refractivity contribution < 1.29 is 4.79 Å². The Balaban J connectivity index is 2.03. The van der Waals surface area contributed by atoms with Crippen molar-refractivity contribution in [2.45, 2.75) is 6.54 Å². The fourth-order valence-electron chi connectivity index (χ4n) is 1.21. The molecule has 0 spiro atoms. The topological polar surface area (TPSA) is 90.6 Å². The van der Waals surface area contributed by atoms with Crippen molar-refractivity contribution in [3.05, 3.63) is 29.8 Å². The molecule has 0 saturated carbocycles. The molecule has 2 aromatic rings. The first-order chi connectivity index (χ1) is 7.27. The molecule has 7 heteroatoms. The van der Waals surface area contributed by atoms with Crippen LogP contribution in [0.25, 0.3) is 0 Å². The van der Waals surface area contributed by atoms with Crippen LogP contribution in [0.1, 0.15) is 16.1 Å². The Bertz CT molecular complexity index is 420. The highest BCUT2D eigenvalue weighted by Crippen LogP contribution is 2.03. The van der Waals surface area contributed by atoms with E-state index in [-0.39, 0.29) is 5.91 Å². The average molecular weight is 206 g/mol. The van der Waals surface area contributed by atoms with Gasteiger partial charge in [0.25, 0.3) is 5.91 Å². The summed E-state index contributed by atoms with van der Waals surface area (Å²) in [4.78, 5) is 13.2. The molecule has 0 aliphatic rings. The third-order valence-electron chi connectivity index (χ3n) is 1.96. The van der Waals surface area contributed by atoms with Gasteiger partial charge in [-0.25, -0.2) is 0 Å². The highest BCUT2D eigenvalue weighted by Gasteiger charge is 2.14. The molecule has 2 rings (SSSR count). The second-order valence-electron chi connectivity index (χ2n) is 3.12. The van der Waals surface area contributed by atoms with Crippen molar-refractivity contribution in [1.82, 2.24) is 30.5 Å². The van der Waals surface area contributed by atoms with Gasteiger partial charge in [0.05, 0.1) is 12.4 Å². The van der Waals surface area contributed by atoms with Crippen molar-refractivity contribution >= 4 is 5.91 Å². The maximum absolute atomic E-state index is 11.7. The van der Waals surface area contributed by atoms with E-state index in [4.69, 9.17) is 0 Å². The molecule has 0 unspecified atom stereocenters. The number of carbonyl (C=O) groups excluding carboxylic acids is 1. The average Bonchev–Trinajstić information content (AvgIpc) is 2.88. The van der Waals surface area contributed by atoms with Gasteiger partial charge < -0.3 is 4.90 Å². The molecule has 0 aliphatic heterocycles. The largest absolute Gasteiger partial charge is 0.336 e. The SMILES string of the molecule is CN(Cc1cn[nH]c1)C(=O)c1cn[nH]n1. The lowest BCUT2D eigenvalue weighted by Gasteiger charge is -2.13. The molecule has 0 aromatic carbocycles. The van der Waals surface area contributed by atoms with E-state index in [0.717, 1.165) is 5.56 Å². The fraction of sp³-hybridized carbons (Fsp3) is 0.250. The Morgan fingerprint density at radius 3 is 2.93 bits per heavy atom. The van der Waals surface area contributed by atoms with E-state index in [9.17, 15) is 4.79 Å². The Hall–Kier alpha value is -2.18. The van der Waals surface area contributed by atoms with Gasteiger partial charge in [0.15, 0.2) is 5.69 Å². The highest BCUT2D eigenvalue weighted by molar-refractivity contribution is 5.91. The van der Waals surface area contributed by atoms with E-state index in [0.29, 0.717) is 12.2 Å². The molecule has 0 atom stereocenters. The van der Waals surface area contributed by atoms with Crippen molar-refractivity contribution in [2.24, 2.45) is 0 Å². The lowest BCUT2D eigenvalue weighted by Crippen LogP contribution is -2.26. The minimum atomic E-state index is -0.176. The van der Waals surface area contributed by atoms with Gasteiger partial charge in [0.2, 0.25) is 0 Å². The second kappa shape index (κ2) is 3.91. The molecule has 1 amide bonds. The molecule has 0 radical (unpaired) electrons. The Morgan fingerprint density at radius 2 is 2.33 bits per heavy atom. The Labute approximate surface area is 85.5 Å². The zero-order valence-electron chi connectivity index (χ0n) is 8.14. The van der Waals surface area contributed by atoms with Crippen molar-refractivity contribution in [3.8, 4) is 0 Å². The number of nitrogens with zero attached hydrogens (tertiary/aromatic N) is 4. The standard InChI is InChI=1S/C8H10N6O/c1-14(5-6-2-9-10-3-6)8(15)7-4-11-13-12-7/h2-4H,5H2,1H3,(H,9,10)(H,11,12,13). The minimum absolute atomic E-state index is 0.176. The van der Waals surface area contributed by atoms with Gasteiger partial charge in [-0.2, -0.15) is 20.5 Å². The molecular formula is C8H10N6O. The van der Waals surface area contributed by atoms with Crippen LogP contribution in [0, 0.1) is 0 Å². The van der Waals surface area contributed by atoms with Gasteiger partial charge in [0.1, 0.15) is 0 Å². The lowest BCUT2D eigenvalue weighted by atomic mass is 10.3. The van der Waals surface area contributed by atoms with Gasteiger partial charge in [0, 0.05) is 25.4 Å². The summed E-state index contributed by atoms with van der Waals surface area (Å²) in [6.07, 6.45) is 4.81. The van der Waals surface area contributed by atoms with E-state index < -0.39 is 0 Å². The van der Waals surface area contributed by atoms with Crippen molar-refractivity contribution in [3.63, 3.8) is 0 Å². The van der Waals surface area contributed by atoms with Gasteiger partial charge in [-0.1, -0.05) is 0 Å². The van der Waals surface area contributed by atoms with Crippen LogP contribution in [-0.4, -0.2) is 43.5 Å². The molecule has 2 N–H and O–H groups in total. The van der Waals surface area contributed by atoms with Crippen LogP contribution in [0.4, 0.5) is 0 Å². The number of H-pyrrole nitrogens is 2. The van der Waals surface area contributed by atoms with Crippen LogP contribution in [0.3, 0.4) is 0 Å². The second-order valence-corrected chi connectivity index (χ2v) is 3.12. The molecule has 78 valence electrons. The summed E-state index contributed by atoms with van der Waals surface area (Å²) >= 11 is 0. The molecule has 15 heavy (non-hydrogen) atoms. The summed E-state index contributed by atoms with van der Waals surface area (Å²) in [5.74, 6) is -0.176. The third kappa shape index (κ3) is 2.01. The predicted octanol–water partition coefficient (Wildman–Crippen LogP) is -0.200. The van der Waals surface area contributed by atoms with Gasteiger partial charge in [-0.05, 0) is 0 Å². The van der Waals surface area contributed by atoms with Crippen LogP contribution >= 0.6 is 0 Å².